The maximum atomic E-state index is 2.86. The van der Waals surface area contributed by atoms with E-state index in [2.05, 4.69) is 198 Å². The monoisotopic (exact) mass is 925 g/mol. The van der Waals surface area contributed by atoms with Crippen LogP contribution in [0.5, 0.6) is 0 Å². The third kappa shape index (κ3) is 6.00. The Kier molecular flexibility index (Phi) is 10.3. The van der Waals surface area contributed by atoms with Gasteiger partial charge in [0.15, 0.2) is 0 Å². The van der Waals surface area contributed by atoms with Crippen molar-refractivity contribution in [2.75, 3.05) is 0 Å². The number of rotatable bonds is 12. The molecule has 7 aromatic rings. The van der Waals surface area contributed by atoms with Gasteiger partial charge in [0, 0.05) is 0 Å². The molecule has 2 aliphatic carbocycles. The molecule has 0 radical (unpaired) electrons. The molecule has 57 heavy (non-hydrogen) atoms. The first-order valence-corrected chi connectivity index (χ1v) is 39.5. The summed E-state index contributed by atoms with van der Waals surface area (Å²) in [7, 11) is 0. The van der Waals surface area contributed by atoms with Crippen molar-refractivity contribution in [1.82, 2.24) is 0 Å². The van der Waals surface area contributed by atoms with Gasteiger partial charge in [-0.25, -0.2) is 0 Å². The summed E-state index contributed by atoms with van der Waals surface area (Å²) in [6.45, 7) is 12.9. The molecule has 0 aromatic heterocycles. The van der Waals surface area contributed by atoms with Crippen molar-refractivity contribution < 1.29 is 17.7 Å². The fraction of sp³-hybridized carbons (Fsp3) is 0.236. The predicted molar refractivity (Wildman–Crippen MR) is 250 cm³/mol. The zero-order valence-electron chi connectivity index (χ0n) is 34.6. The van der Waals surface area contributed by atoms with Crippen LogP contribution in [-0.4, -0.2) is 5.98 Å². The molecule has 0 heterocycles. The van der Waals surface area contributed by atoms with E-state index in [1.54, 1.807) is 27.5 Å². The molecule has 0 aliphatic heterocycles. The van der Waals surface area contributed by atoms with E-state index in [9.17, 15) is 0 Å². The van der Waals surface area contributed by atoms with Gasteiger partial charge in [-0.05, 0) is 0 Å². The summed E-state index contributed by atoms with van der Waals surface area (Å²) in [5, 5.41) is 7.02. The Morgan fingerprint density at radius 2 is 0.860 bits per heavy atom. The molecular formula is C55H57HfSi. The molecule has 3 unspecified atom stereocenters. The number of hydrogen-bond donors (Lipinski definition) is 0. The van der Waals surface area contributed by atoms with E-state index in [-0.39, 0.29) is 0 Å². The number of allylic oxidation sites excluding steroid dienone is 2. The van der Waals surface area contributed by atoms with Crippen LogP contribution in [0.15, 0.2) is 163 Å². The van der Waals surface area contributed by atoms with E-state index in [4.69, 9.17) is 0 Å². The third-order valence-electron chi connectivity index (χ3n) is 14.9. The standard InChI is InChI=1S/2C20H15.C7H9Si.2C4H9.Hf/c2*1-14-12-16-8-5-11-19(20(16)13-14)18-10-4-7-15-6-2-3-9-17(15)18;1-8-7-5-3-2-4-6-7;2*1-3-4-2;/h2*2-13H,1H3;2-6,8H,1H3;2*1,3-4H2,2H3;. The van der Waals surface area contributed by atoms with Gasteiger partial charge in [0.25, 0.3) is 0 Å². The van der Waals surface area contributed by atoms with Crippen LogP contribution in [0.25, 0.3) is 56.0 Å². The summed E-state index contributed by atoms with van der Waals surface area (Å²) in [5.74, 6) is -1.63. The summed E-state index contributed by atoms with van der Waals surface area (Å²) in [4.78, 5) is 0. The Bertz CT molecular complexity index is 2510. The molecule has 0 fully saturated rings. The summed E-state index contributed by atoms with van der Waals surface area (Å²) in [6.07, 6.45) is 10.5. The average Bonchev–Trinajstić information content (AvgIpc) is 3.80. The van der Waals surface area contributed by atoms with Crippen LogP contribution in [0.3, 0.4) is 0 Å². The summed E-state index contributed by atoms with van der Waals surface area (Å²) in [5.41, 5.74) is 15.1. The van der Waals surface area contributed by atoms with Gasteiger partial charge < -0.3 is 0 Å². The van der Waals surface area contributed by atoms with Gasteiger partial charge in [-0.3, -0.25) is 0 Å². The van der Waals surface area contributed by atoms with Crippen molar-refractivity contribution >= 4 is 44.9 Å². The van der Waals surface area contributed by atoms with Gasteiger partial charge >= 0.3 is 345 Å². The van der Waals surface area contributed by atoms with E-state index in [0.29, 0.717) is 7.35 Å². The molecule has 0 saturated heterocycles. The van der Waals surface area contributed by atoms with Crippen LogP contribution in [0, 0.1) is 0 Å². The fourth-order valence-electron chi connectivity index (χ4n) is 12.7. The minimum atomic E-state index is -4.54. The van der Waals surface area contributed by atoms with Crippen molar-refractivity contribution in [3.63, 3.8) is 0 Å². The molecule has 0 bridgehead atoms. The third-order valence-corrected chi connectivity index (χ3v) is 83.7. The Morgan fingerprint density at radius 1 is 0.456 bits per heavy atom. The summed E-state index contributed by atoms with van der Waals surface area (Å²) >= 11 is -4.54. The van der Waals surface area contributed by atoms with E-state index in [0.717, 1.165) is 0 Å². The normalized spacial score (nSPS) is 17.5. The molecule has 0 nitrogen and oxygen atoms in total. The quantitative estimate of drug-likeness (QED) is 0.107. The molecule has 9 rings (SSSR count). The van der Waals surface area contributed by atoms with Gasteiger partial charge in [-0.1, -0.05) is 0 Å². The molecule has 2 heteroatoms. The molecule has 285 valence electrons. The Balaban J connectivity index is 1.36. The molecule has 7 aromatic carbocycles. The van der Waals surface area contributed by atoms with Crippen LogP contribution in [0.1, 0.15) is 83.0 Å². The summed E-state index contributed by atoms with van der Waals surface area (Å²) < 4.78 is 3.87. The van der Waals surface area contributed by atoms with Crippen LogP contribution in [-0.2, 0) is 17.7 Å². The van der Waals surface area contributed by atoms with E-state index in [1.807, 2.05) is 0 Å². The van der Waals surface area contributed by atoms with Gasteiger partial charge in [0.2, 0.25) is 0 Å². The first-order chi connectivity index (χ1) is 27.9. The van der Waals surface area contributed by atoms with Crippen molar-refractivity contribution in [1.29, 1.82) is 0 Å². The predicted octanol–water partition coefficient (Wildman–Crippen LogP) is 15.3. The second kappa shape index (κ2) is 15.4. The molecule has 2 aliphatic rings. The van der Waals surface area contributed by atoms with Crippen molar-refractivity contribution in [3.8, 4) is 22.3 Å². The zero-order chi connectivity index (χ0) is 39.2. The van der Waals surface area contributed by atoms with Crippen molar-refractivity contribution in [3.05, 3.63) is 185 Å². The Hall–Kier alpha value is -4.37. The second-order valence-corrected chi connectivity index (χ2v) is 63.1. The molecule has 0 amide bonds. The van der Waals surface area contributed by atoms with Crippen molar-refractivity contribution in [2.45, 2.75) is 75.6 Å². The number of fused-ring (bicyclic) bond motifs is 4. The first kappa shape index (κ1) is 38.2. The van der Waals surface area contributed by atoms with Gasteiger partial charge in [0.1, 0.15) is 0 Å². The Labute approximate surface area is 343 Å². The molecule has 3 atom stereocenters. The van der Waals surface area contributed by atoms with Gasteiger partial charge in [-0.15, -0.1) is 0 Å². The molecule has 0 saturated carbocycles. The molecule has 0 spiro atoms. The van der Waals surface area contributed by atoms with E-state index in [1.165, 1.54) is 89.0 Å². The van der Waals surface area contributed by atoms with Gasteiger partial charge in [0.05, 0.1) is 0 Å². The molecular weight excluding hydrogens is 867 g/mol. The fourth-order valence-corrected chi connectivity index (χ4v) is 89.7. The number of unbranched alkanes of at least 4 members (excludes halogenated alkanes) is 2. The molecule has 0 N–H and O–H groups in total. The minimum absolute atomic E-state index is 0.507. The van der Waals surface area contributed by atoms with Crippen LogP contribution < -0.4 is 5.19 Å². The second-order valence-electron chi connectivity index (χ2n) is 17.6. The van der Waals surface area contributed by atoms with Crippen molar-refractivity contribution in [2.24, 2.45) is 0 Å². The van der Waals surface area contributed by atoms with Crippen LogP contribution in [0.4, 0.5) is 0 Å². The SMILES string of the molecule is CCC[CH2][Hf]([CH2]CCC)([CH]1C(C)=Cc2c(-c3cccc4ccccc34)cccc21)([CH]1C(C)=Cc2c(-c3cccc4ccccc34)cccc21)[SiH](C)c1ccccc1. The first-order valence-electron chi connectivity index (χ1n) is 21.7. The average molecular weight is 925 g/mol. The van der Waals surface area contributed by atoms with Crippen LogP contribution in [0.2, 0.25) is 14.9 Å². The number of benzene rings is 7. The Morgan fingerprint density at radius 3 is 1.33 bits per heavy atom. The van der Waals surface area contributed by atoms with Gasteiger partial charge in [-0.2, -0.15) is 0 Å². The maximum absolute atomic E-state index is 4.54. The van der Waals surface area contributed by atoms with Crippen LogP contribution >= 0.6 is 0 Å². The number of hydrogen-bond acceptors (Lipinski definition) is 0. The van der Waals surface area contributed by atoms with E-state index >= 15 is 0 Å². The zero-order valence-corrected chi connectivity index (χ0v) is 39.3. The topological polar surface area (TPSA) is 0 Å². The summed E-state index contributed by atoms with van der Waals surface area (Å²) in [6, 6.07) is 58.6. The van der Waals surface area contributed by atoms with E-state index < -0.39 is 23.7 Å².